The number of ether oxygens (including phenoxy) is 1. The molecule has 158 valence electrons. The molecule has 0 saturated carbocycles. The lowest BCUT2D eigenvalue weighted by atomic mass is 10.1. The molecule has 1 atom stereocenters. The molecule has 2 N–H and O–H groups in total. The van der Waals surface area contributed by atoms with Gasteiger partial charge in [0.15, 0.2) is 5.16 Å². The summed E-state index contributed by atoms with van der Waals surface area (Å²) in [5.74, 6) is 0.577. The molecule has 1 aromatic carbocycles. The predicted molar refractivity (Wildman–Crippen MR) is 118 cm³/mol. The highest BCUT2D eigenvalue weighted by molar-refractivity contribution is 7.99. The van der Waals surface area contributed by atoms with Gasteiger partial charge in [0.25, 0.3) is 0 Å². The minimum absolute atomic E-state index is 0.250. The molecule has 1 fully saturated rings. The Morgan fingerprint density at radius 3 is 2.60 bits per heavy atom. The van der Waals surface area contributed by atoms with Gasteiger partial charge in [-0.1, -0.05) is 23.9 Å². The summed E-state index contributed by atoms with van der Waals surface area (Å²) in [7, 11) is 0. The van der Waals surface area contributed by atoms with E-state index in [9.17, 15) is 4.79 Å². The normalized spacial score (nSPS) is 15.8. The van der Waals surface area contributed by atoms with Gasteiger partial charge in [-0.05, 0) is 36.8 Å². The van der Waals surface area contributed by atoms with Crippen molar-refractivity contribution in [2.75, 3.05) is 32.7 Å². The fourth-order valence-corrected chi connectivity index (χ4v) is 4.36. The first kappa shape index (κ1) is 20.6. The first-order chi connectivity index (χ1) is 14.7. The maximum Gasteiger partial charge on any atom is 0.415 e. The zero-order valence-corrected chi connectivity index (χ0v) is 17.9. The number of benzene rings is 1. The third-order valence-electron chi connectivity index (χ3n) is 5.31. The van der Waals surface area contributed by atoms with Crippen molar-refractivity contribution in [1.29, 1.82) is 0 Å². The fraction of sp³-hybridized carbons (Fsp3) is 0.364. The van der Waals surface area contributed by atoms with Crippen LogP contribution in [0.2, 0.25) is 0 Å². The van der Waals surface area contributed by atoms with Crippen molar-refractivity contribution in [2.24, 2.45) is 0 Å². The van der Waals surface area contributed by atoms with E-state index in [1.807, 2.05) is 42.7 Å². The van der Waals surface area contributed by atoms with Gasteiger partial charge < -0.3 is 19.6 Å². The van der Waals surface area contributed by atoms with Gasteiger partial charge in [-0.25, -0.2) is 9.78 Å². The van der Waals surface area contributed by atoms with E-state index in [-0.39, 0.29) is 11.3 Å². The fourth-order valence-electron chi connectivity index (χ4n) is 3.48. The standard InChI is InChI=1S/C22H27N5O2S/c1-17(30-21-24-10-11-25-21)18-4-6-20(7-5-18)29-22(28)27-15-13-26(14-16-27)12-8-19-3-2-9-23-19/h2-7,9-11,17,23H,8,12-16H2,1H3,(H,24,25). The number of nitrogens with one attached hydrogen (secondary N) is 2. The van der Waals surface area contributed by atoms with Crippen LogP contribution < -0.4 is 4.74 Å². The summed E-state index contributed by atoms with van der Waals surface area (Å²) >= 11 is 1.66. The van der Waals surface area contributed by atoms with Crippen molar-refractivity contribution in [3.8, 4) is 5.75 Å². The molecule has 1 aliphatic heterocycles. The van der Waals surface area contributed by atoms with Crippen molar-refractivity contribution in [1.82, 2.24) is 24.8 Å². The molecule has 3 aromatic rings. The zero-order chi connectivity index (χ0) is 20.8. The van der Waals surface area contributed by atoms with Crippen molar-refractivity contribution in [3.05, 3.63) is 66.2 Å². The topological polar surface area (TPSA) is 77.2 Å². The predicted octanol–water partition coefficient (Wildman–Crippen LogP) is 3.95. The summed E-state index contributed by atoms with van der Waals surface area (Å²) in [6.45, 7) is 6.26. The lowest BCUT2D eigenvalue weighted by molar-refractivity contribution is 0.111. The lowest BCUT2D eigenvalue weighted by Gasteiger charge is -2.33. The second-order valence-corrected chi connectivity index (χ2v) is 8.69. The Morgan fingerprint density at radius 2 is 1.93 bits per heavy atom. The Morgan fingerprint density at radius 1 is 1.13 bits per heavy atom. The maximum absolute atomic E-state index is 12.5. The second-order valence-electron chi connectivity index (χ2n) is 7.37. The van der Waals surface area contributed by atoms with Crippen molar-refractivity contribution < 1.29 is 9.53 Å². The molecular weight excluding hydrogens is 398 g/mol. The first-order valence-corrected chi connectivity index (χ1v) is 11.1. The average Bonchev–Trinajstić information content (AvgIpc) is 3.47. The van der Waals surface area contributed by atoms with Gasteiger partial charge in [-0.2, -0.15) is 0 Å². The zero-order valence-electron chi connectivity index (χ0n) is 17.1. The Labute approximate surface area is 180 Å². The highest BCUT2D eigenvalue weighted by Crippen LogP contribution is 2.33. The minimum atomic E-state index is -0.273. The number of piperazine rings is 1. The summed E-state index contributed by atoms with van der Waals surface area (Å²) < 4.78 is 5.59. The molecule has 0 aliphatic carbocycles. The Bertz CT molecular complexity index is 904. The van der Waals surface area contributed by atoms with E-state index in [0.29, 0.717) is 18.8 Å². The second kappa shape index (κ2) is 9.86. The van der Waals surface area contributed by atoms with E-state index in [1.54, 1.807) is 22.9 Å². The molecule has 30 heavy (non-hydrogen) atoms. The number of thioether (sulfide) groups is 1. The number of carbonyl (C=O) groups excluding carboxylic acids is 1. The molecule has 1 unspecified atom stereocenters. The Balaban J connectivity index is 1.22. The van der Waals surface area contributed by atoms with Gasteiger partial charge in [-0.3, -0.25) is 4.90 Å². The van der Waals surface area contributed by atoms with Crippen LogP contribution in [0, 0.1) is 0 Å². The molecule has 1 aliphatic rings. The number of imidazole rings is 1. The maximum atomic E-state index is 12.5. The van der Waals surface area contributed by atoms with Crippen LogP contribution in [0.1, 0.15) is 23.4 Å². The molecule has 1 amide bonds. The average molecular weight is 426 g/mol. The molecule has 0 spiro atoms. The van der Waals surface area contributed by atoms with Crippen LogP contribution in [0.15, 0.2) is 60.1 Å². The number of H-pyrrole nitrogens is 2. The number of aromatic amines is 2. The van der Waals surface area contributed by atoms with E-state index in [2.05, 4.69) is 32.8 Å². The van der Waals surface area contributed by atoms with Crippen LogP contribution in [0.3, 0.4) is 0 Å². The van der Waals surface area contributed by atoms with Crippen molar-refractivity contribution >= 4 is 17.9 Å². The largest absolute Gasteiger partial charge is 0.415 e. The van der Waals surface area contributed by atoms with Crippen LogP contribution in [-0.2, 0) is 6.42 Å². The lowest BCUT2D eigenvalue weighted by Crippen LogP contribution is -2.49. The number of aromatic nitrogens is 3. The molecule has 8 heteroatoms. The van der Waals surface area contributed by atoms with E-state index >= 15 is 0 Å². The van der Waals surface area contributed by atoms with E-state index in [4.69, 9.17) is 4.74 Å². The van der Waals surface area contributed by atoms with E-state index in [1.165, 1.54) is 5.69 Å². The third-order valence-corrected chi connectivity index (χ3v) is 6.38. The van der Waals surface area contributed by atoms with E-state index < -0.39 is 0 Å². The summed E-state index contributed by atoms with van der Waals surface area (Å²) in [6.07, 6.45) is 6.25. The summed E-state index contributed by atoms with van der Waals surface area (Å²) in [5.41, 5.74) is 2.41. The Hall–Kier alpha value is -2.71. The highest BCUT2D eigenvalue weighted by Gasteiger charge is 2.22. The van der Waals surface area contributed by atoms with Crippen molar-refractivity contribution in [2.45, 2.75) is 23.8 Å². The molecule has 0 bridgehead atoms. The number of carbonyl (C=O) groups is 1. The SMILES string of the molecule is CC(Sc1ncc[nH]1)c1ccc(OC(=O)N2CCN(CCc3ccc[nH]3)CC2)cc1. The summed E-state index contributed by atoms with van der Waals surface area (Å²) in [4.78, 5) is 27.3. The first-order valence-electron chi connectivity index (χ1n) is 10.2. The quantitative estimate of drug-likeness (QED) is 0.561. The van der Waals surface area contributed by atoms with Crippen LogP contribution in [0.5, 0.6) is 5.75 Å². The number of hydrogen-bond acceptors (Lipinski definition) is 5. The summed E-state index contributed by atoms with van der Waals surface area (Å²) in [6, 6.07) is 11.9. The minimum Gasteiger partial charge on any atom is -0.410 e. The molecule has 1 saturated heterocycles. The third kappa shape index (κ3) is 5.46. The molecule has 4 rings (SSSR count). The Kier molecular flexibility index (Phi) is 6.76. The molecule has 0 radical (unpaired) electrons. The van der Waals surface area contributed by atoms with Crippen molar-refractivity contribution in [3.63, 3.8) is 0 Å². The molecule has 2 aromatic heterocycles. The van der Waals surface area contributed by atoms with Gasteiger partial charge in [0.1, 0.15) is 5.75 Å². The highest BCUT2D eigenvalue weighted by atomic mass is 32.2. The molecule has 7 nitrogen and oxygen atoms in total. The van der Waals surface area contributed by atoms with Crippen LogP contribution in [-0.4, -0.2) is 63.6 Å². The van der Waals surface area contributed by atoms with Crippen LogP contribution in [0.25, 0.3) is 0 Å². The summed E-state index contributed by atoms with van der Waals surface area (Å²) in [5, 5.41) is 1.14. The molecule has 3 heterocycles. The van der Waals surface area contributed by atoms with Gasteiger partial charge in [0.2, 0.25) is 0 Å². The van der Waals surface area contributed by atoms with Gasteiger partial charge in [0.05, 0.1) is 0 Å². The van der Waals surface area contributed by atoms with E-state index in [0.717, 1.165) is 36.8 Å². The van der Waals surface area contributed by atoms with Crippen LogP contribution in [0.4, 0.5) is 4.79 Å². The van der Waals surface area contributed by atoms with Gasteiger partial charge in [0, 0.05) is 68.7 Å². The number of nitrogens with zero attached hydrogens (tertiary/aromatic N) is 3. The number of rotatable bonds is 7. The number of hydrogen-bond donors (Lipinski definition) is 2. The van der Waals surface area contributed by atoms with Gasteiger partial charge in [-0.15, -0.1) is 0 Å². The van der Waals surface area contributed by atoms with Crippen LogP contribution >= 0.6 is 11.8 Å². The van der Waals surface area contributed by atoms with Gasteiger partial charge >= 0.3 is 6.09 Å². The molecular formula is C22H27N5O2S. The smallest absolute Gasteiger partial charge is 0.410 e. The number of amides is 1. The monoisotopic (exact) mass is 425 g/mol.